The molecule has 0 bridgehead atoms. The third kappa shape index (κ3) is 3.99. The molecule has 1 rings (SSSR count). The molecule has 0 aliphatic carbocycles. The number of rotatable bonds is 6. The number of nitrogen functional groups attached to an aromatic ring is 1. The van der Waals surface area contributed by atoms with E-state index in [1.165, 1.54) is 11.3 Å². The quantitative estimate of drug-likeness (QED) is 0.715. The summed E-state index contributed by atoms with van der Waals surface area (Å²) < 4.78 is 5.00. The summed E-state index contributed by atoms with van der Waals surface area (Å²) in [6.45, 7) is 3.68. The lowest BCUT2D eigenvalue weighted by atomic mass is 10.3. The molecule has 0 unspecified atom stereocenters. The second-order valence-corrected chi connectivity index (χ2v) is 4.19. The molecule has 0 saturated heterocycles. The molecule has 0 aliphatic rings. The summed E-state index contributed by atoms with van der Waals surface area (Å²) in [6, 6.07) is 0.366. The third-order valence-corrected chi connectivity index (χ3v) is 2.54. The van der Waals surface area contributed by atoms with Crippen molar-refractivity contribution in [1.29, 1.82) is 0 Å². The fraction of sp³-hybridized carbons (Fsp3) is 0.750. The summed E-state index contributed by atoms with van der Waals surface area (Å²) in [5.74, 6) is 0. The molecule has 0 fully saturated rings. The van der Waals surface area contributed by atoms with Crippen molar-refractivity contribution in [2.75, 3.05) is 26.0 Å². The maximum atomic E-state index is 5.46. The molecule has 14 heavy (non-hydrogen) atoms. The Labute approximate surface area is 87.7 Å². The number of nitrogens with two attached hydrogens (primary N) is 1. The van der Waals surface area contributed by atoms with Crippen LogP contribution in [0, 0.1) is 0 Å². The molecule has 1 heterocycles. The molecule has 1 aromatic heterocycles. The normalized spacial score (nSPS) is 13.0. The third-order valence-electron chi connectivity index (χ3n) is 1.73. The Balaban J connectivity index is 2.15. The van der Waals surface area contributed by atoms with Crippen LogP contribution in [-0.4, -0.2) is 36.5 Å². The van der Waals surface area contributed by atoms with Crippen LogP contribution in [0.2, 0.25) is 0 Å². The Morgan fingerprint density at radius 1 is 1.57 bits per heavy atom. The maximum absolute atomic E-state index is 5.46. The van der Waals surface area contributed by atoms with Crippen LogP contribution >= 0.6 is 11.3 Å². The van der Waals surface area contributed by atoms with Crippen LogP contribution in [0.5, 0.6) is 0 Å². The summed E-state index contributed by atoms with van der Waals surface area (Å²) in [6.07, 6.45) is 0.864. The fourth-order valence-electron chi connectivity index (χ4n) is 1.10. The topological polar surface area (TPSA) is 73.1 Å². The van der Waals surface area contributed by atoms with Gasteiger partial charge in [0, 0.05) is 26.1 Å². The number of ether oxygens (including phenoxy) is 1. The van der Waals surface area contributed by atoms with Crippen LogP contribution in [0.1, 0.15) is 11.9 Å². The highest BCUT2D eigenvalue weighted by molar-refractivity contribution is 7.15. The Morgan fingerprint density at radius 3 is 2.93 bits per heavy atom. The van der Waals surface area contributed by atoms with Crippen LogP contribution in [0.3, 0.4) is 0 Å². The van der Waals surface area contributed by atoms with Crippen LogP contribution in [0.25, 0.3) is 0 Å². The van der Waals surface area contributed by atoms with Gasteiger partial charge < -0.3 is 15.8 Å². The zero-order valence-corrected chi connectivity index (χ0v) is 9.30. The standard InChI is InChI=1S/C8H16N4OS/c1-6(5-13-2)10-4-3-7-11-12-8(9)14-7/h6,10H,3-5H2,1-2H3,(H2,9,12)/t6-/m0/s1. The fourth-order valence-corrected chi connectivity index (χ4v) is 1.71. The first kappa shape index (κ1) is 11.4. The van der Waals surface area contributed by atoms with E-state index in [-0.39, 0.29) is 0 Å². The minimum atomic E-state index is 0.366. The summed E-state index contributed by atoms with van der Waals surface area (Å²) in [4.78, 5) is 0. The Kier molecular flexibility index (Phi) is 4.78. The molecule has 0 amide bonds. The molecule has 0 radical (unpaired) electrons. The molecule has 80 valence electrons. The SMILES string of the molecule is COC[C@H](C)NCCc1nnc(N)s1. The minimum absolute atomic E-state index is 0.366. The number of nitrogens with zero attached hydrogens (tertiary/aromatic N) is 2. The van der Waals surface area contributed by atoms with Crippen molar-refractivity contribution in [1.82, 2.24) is 15.5 Å². The van der Waals surface area contributed by atoms with Gasteiger partial charge in [-0.2, -0.15) is 0 Å². The van der Waals surface area contributed by atoms with Crippen LogP contribution in [-0.2, 0) is 11.2 Å². The lowest BCUT2D eigenvalue weighted by Crippen LogP contribution is -2.31. The van der Waals surface area contributed by atoms with E-state index in [1.54, 1.807) is 7.11 Å². The van der Waals surface area contributed by atoms with Gasteiger partial charge in [-0.3, -0.25) is 0 Å². The number of hydrogen-bond donors (Lipinski definition) is 2. The lowest BCUT2D eigenvalue weighted by molar-refractivity contribution is 0.172. The van der Waals surface area contributed by atoms with Gasteiger partial charge in [0.1, 0.15) is 5.01 Å². The monoisotopic (exact) mass is 216 g/mol. The molecule has 0 aromatic carbocycles. The van der Waals surface area contributed by atoms with Crippen molar-refractivity contribution >= 4 is 16.5 Å². The molecular formula is C8H16N4OS. The summed E-state index contributed by atoms with van der Waals surface area (Å²) in [5, 5.41) is 12.5. The minimum Gasteiger partial charge on any atom is -0.383 e. The molecule has 6 heteroatoms. The highest BCUT2D eigenvalue weighted by atomic mass is 32.1. The van der Waals surface area contributed by atoms with Crippen molar-refractivity contribution in [2.45, 2.75) is 19.4 Å². The molecule has 0 aliphatic heterocycles. The summed E-state index contributed by atoms with van der Waals surface area (Å²) in [7, 11) is 1.70. The molecule has 1 atom stereocenters. The van der Waals surface area contributed by atoms with Gasteiger partial charge >= 0.3 is 0 Å². The van der Waals surface area contributed by atoms with E-state index in [1.807, 2.05) is 0 Å². The molecule has 3 N–H and O–H groups in total. The van der Waals surface area contributed by atoms with Gasteiger partial charge in [-0.25, -0.2) is 0 Å². The van der Waals surface area contributed by atoms with Gasteiger partial charge in [-0.15, -0.1) is 10.2 Å². The predicted molar refractivity (Wildman–Crippen MR) is 57.4 cm³/mol. The maximum Gasteiger partial charge on any atom is 0.203 e. The summed E-state index contributed by atoms with van der Waals surface area (Å²) >= 11 is 1.44. The lowest BCUT2D eigenvalue weighted by Gasteiger charge is -2.11. The first-order valence-corrected chi connectivity index (χ1v) is 5.34. The van der Waals surface area contributed by atoms with Gasteiger partial charge in [0.15, 0.2) is 0 Å². The van der Waals surface area contributed by atoms with Crippen molar-refractivity contribution in [3.05, 3.63) is 5.01 Å². The van der Waals surface area contributed by atoms with Crippen molar-refractivity contribution in [2.24, 2.45) is 0 Å². The Hall–Kier alpha value is -0.720. The number of methoxy groups -OCH3 is 1. The highest BCUT2D eigenvalue weighted by Gasteiger charge is 2.02. The van der Waals surface area contributed by atoms with Gasteiger partial charge in [0.25, 0.3) is 0 Å². The Morgan fingerprint density at radius 2 is 2.36 bits per heavy atom. The number of aromatic nitrogens is 2. The van der Waals surface area contributed by atoms with Crippen LogP contribution in [0.4, 0.5) is 5.13 Å². The molecular weight excluding hydrogens is 200 g/mol. The van der Waals surface area contributed by atoms with Crippen LogP contribution in [0.15, 0.2) is 0 Å². The smallest absolute Gasteiger partial charge is 0.203 e. The van der Waals surface area contributed by atoms with Gasteiger partial charge in [-0.05, 0) is 6.92 Å². The van der Waals surface area contributed by atoms with E-state index in [0.717, 1.165) is 24.6 Å². The number of anilines is 1. The largest absolute Gasteiger partial charge is 0.383 e. The van der Waals surface area contributed by atoms with E-state index < -0.39 is 0 Å². The average molecular weight is 216 g/mol. The van der Waals surface area contributed by atoms with Gasteiger partial charge in [-0.1, -0.05) is 11.3 Å². The Bertz CT molecular complexity index is 266. The first-order valence-electron chi connectivity index (χ1n) is 4.52. The van der Waals surface area contributed by atoms with Crippen LogP contribution < -0.4 is 11.1 Å². The molecule has 5 nitrogen and oxygen atoms in total. The molecule has 1 aromatic rings. The second-order valence-electron chi connectivity index (χ2n) is 3.09. The predicted octanol–water partition coefficient (Wildman–Crippen LogP) is 0.287. The van der Waals surface area contributed by atoms with Crippen molar-refractivity contribution in [3.63, 3.8) is 0 Å². The van der Waals surface area contributed by atoms with E-state index >= 15 is 0 Å². The van der Waals surface area contributed by atoms with Crippen molar-refractivity contribution in [3.8, 4) is 0 Å². The number of hydrogen-bond acceptors (Lipinski definition) is 6. The average Bonchev–Trinajstić information content (AvgIpc) is 2.52. The van der Waals surface area contributed by atoms with Crippen molar-refractivity contribution < 1.29 is 4.74 Å². The number of nitrogens with one attached hydrogen (secondary N) is 1. The second kappa shape index (κ2) is 5.90. The zero-order chi connectivity index (χ0) is 10.4. The molecule has 0 spiro atoms. The van der Waals surface area contributed by atoms with Gasteiger partial charge in [0.05, 0.1) is 6.61 Å². The van der Waals surface area contributed by atoms with Gasteiger partial charge in [0.2, 0.25) is 5.13 Å². The van der Waals surface area contributed by atoms with E-state index in [9.17, 15) is 0 Å². The molecule has 0 saturated carbocycles. The van der Waals surface area contributed by atoms with E-state index in [0.29, 0.717) is 11.2 Å². The van der Waals surface area contributed by atoms with E-state index in [4.69, 9.17) is 10.5 Å². The highest BCUT2D eigenvalue weighted by Crippen LogP contribution is 2.10. The summed E-state index contributed by atoms with van der Waals surface area (Å²) in [5.41, 5.74) is 5.46. The zero-order valence-electron chi connectivity index (χ0n) is 8.49. The first-order chi connectivity index (χ1) is 6.72. The van der Waals surface area contributed by atoms with E-state index in [2.05, 4.69) is 22.4 Å².